The van der Waals surface area contributed by atoms with Gasteiger partial charge in [0, 0.05) is 0 Å². The van der Waals surface area contributed by atoms with E-state index in [4.69, 9.17) is 0 Å². The van der Waals surface area contributed by atoms with Crippen molar-refractivity contribution in [3.05, 3.63) is 0 Å². The van der Waals surface area contributed by atoms with Crippen LogP contribution in [0.15, 0.2) is 0 Å². The van der Waals surface area contributed by atoms with Gasteiger partial charge in [-0.2, -0.15) is 0 Å². The summed E-state index contributed by atoms with van der Waals surface area (Å²) in [7, 11) is 4.20. The maximum absolute atomic E-state index is 4.20. The molecule has 0 radical (unpaired) electrons. The molecule has 0 aromatic rings. The molecule has 0 aliphatic heterocycles. The van der Waals surface area contributed by atoms with Gasteiger partial charge in [-0.3, -0.25) is 0 Å². The second-order valence-corrected chi connectivity index (χ2v) is 0. The van der Waals surface area contributed by atoms with Gasteiger partial charge >= 0.3 is 54.8 Å². The molecule has 0 spiro atoms. The molecule has 0 saturated heterocycles. The molecule has 0 heterocycles. The third-order valence-electron chi connectivity index (χ3n) is 0. The van der Waals surface area contributed by atoms with Crippen molar-refractivity contribution in [1.29, 1.82) is 0 Å². The van der Waals surface area contributed by atoms with Crippen molar-refractivity contribution in [3.63, 3.8) is 0 Å². The third kappa shape index (κ3) is 8.93. The fourth-order valence-electron chi connectivity index (χ4n) is 0. The van der Waals surface area contributed by atoms with Crippen molar-refractivity contribution in [1.82, 2.24) is 0 Å². The number of hydrogen-bond acceptors (Lipinski definition) is 0. The summed E-state index contributed by atoms with van der Waals surface area (Å²) in [6.07, 6.45) is 0. The van der Waals surface area contributed by atoms with Crippen molar-refractivity contribution in [2.24, 2.45) is 0 Å². The van der Waals surface area contributed by atoms with Gasteiger partial charge in [-0.25, -0.2) is 0 Å². The van der Waals surface area contributed by atoms with Crippen LogP contribution in [0.1, 0.15) is 0 Å². The molecule has 4 heteroatoms. The molecule has 0 aromatic carbocycles. The Morgan fingerprint density at radius 1 is 1.25 bits per heavy atom. The maximum Gasteiger partial charge on any atom is 1.00 e. The van der Waals surface area contributed by atoms with Gasteiger partial charge in [0.25, 0.3) is 0 Å². The van der Waals surface area contributed by atoms with E-state index in [9.17, 15) is 0 Å². The van der Waals surface area contributed by atoms with E-state index >= 15 is 0 Å². The van der Waals surface area contributed by atoms with Crippen molar-refractivity contribution >= 4 is 10.1 Å². The minimum atomic E-state index is 0. The predicted molar refractivity (Wildman–Crippen MR) is 5.85 cm³/mol. The van der Waals surface area contributed by atoms with Gasteiger partial charge in [-0.15, -0.1) is 0 Å². The van der Waals surface area contributed by atoms with Crippen LogP contribution in [0.25, 0.3) is 0 Å². The van der Waals surface area contributed by atoms with Crippen molar-refractivity contribution < 1.29 is 57.1 Å². The Hall–Kier alpha value is 2.10. The van der Waals surface area contributed by atoms with E-state index < -0.39 is 0 Å². The van der Waals surface area contributed by atoms with Crippen molar-refractivity contribution in [3.8, 4) is 0 Å². The Morgan fingerprint density at radius 3 is 1.25 bits per heavy atom. The summed E-state index contributed by atoms with van der Waals surface area (Å²) in [5.74, 6) is 0. The van der Waals surface area contributed by atoms with E-state index in [1.807, 2.05) is 0 Å². The van der Waals surface area contributed by atoms with Gasteiger partial charge in [-0.1, -0.05) is 0 Å². The molecule has 0 amide bonds. The fraction of sp³-hybridized carbons (Fsp3) is 0. The Labute approximate surface area is 66.4 Å². The molecular weight excluding hydrogens is 157 g/mol. The van der Waals surface area contributed by atoms with Gasteiger partial charge in [0.1, 0.15) is 0 Å². The van der Waals surface area contributed by atoms with Crippen LogP contribution in [-0.4, -0.2) is 0 Å². The van der Waals surface area contributed by atoms with Gasteiger partial charge in [0.2, 0.25) is 0 Å². The Kier molecular flexibility index (Phi) is 80.3. The minimum Gasteiger partial charge on any atom is 1.00 e. The first kappa shape index (κ1) is 16.5. The first-order valence-electron chi connectivity index (χ1n) is 0.114. The predicted octanol–water partition coefficient (Wildman–Crippen LogP) is -5.30. The van der Waals surface area contributed by atoms with Gasteiger partial charge < -0.3 is 12.4 Å². The van der Waals surface area contributed by atoms with Crippen LogP contribution in [0, 0.1) is 0 Å². The van der Waals surface area contributed by atoms with E-state index in [0.29, 0.717) is 0 Å². The first-order chi connectivity index (χ1) is 1.00. The molecule has 0 nitrogen and oxygen atoms in total. The molecule has 26 valence electrons. The van der Waals surface area contributed by atoms with Crippen LogP contribution >= 0.6 is 10.1 Å². The number of hydrogen-bond donors (Lipinski definition) is 0. The third-order valence-corrected chi connectivity index (χ3v) is 0. The van der Waals surface area contributed by atoms with Crippen LogP contribution in [0.3, 0.4) is 0 Å². The average molecular weight is 157 g/mol. The van der Waals surface area contributed by atoms with E-state index in [0.717, 1.165) is 0 Å². The zero-order valence-corrected chi connectivity index (χ0v) is 6.51. The van der Waals surface area contributed by atoms with E-state index in [2.05, 4.69) is 25.2 Å². The van der Waals surface area contributed by atoms with Crippen LogP contribution in [0.4, 0.5) is 0 Å². The first-order valence-corrected chi connectivity index (χ1v) is 1.41. The Balaban J connectivity index is -0.00000000500. The Morgan fingerprint density at radius 2 is 1.25 bits per heavy atom. The molecule has 0 saturated carbocycles. The standard InChI is InChI=1S/2ClH.Cu.Na/h2*1H;;/q;;2*+1/p-2. The zero-order chi connectivity index (χ0) is 2.00. The summed E-state index contributed by atoms with van der Waals surface area (Å²) in [5, 5.41) is 0. The summed E-state index contributed by atoms with van der Waals surface area (Å²) in [4.78, 5) is 0. The SMILES string of the molecule is [Cl-].[Cl][Cu].[Na+]. The fourth-order valence-corrected chi connectivity index (χ4v) is 0. The summed E-state index contributed by atoms with van der Waals surface area (Å²) in [5.41, 5.74) is 0. The molecule has 0 aliphatic rings. The minimum absolute atomic E-state index is 0. The molecule has 0 N–H and O–H groups in total. The molecule has 0 atom stereocenters. The molecule has 0 bridgehead atoms. The van der Waals surface area contributed by atoms with Gasteiger partial charge in [-0.05, 0) is 0 Å². The smallest absolute Gasteiger partial charge is 1.00 e. The molecule has 0 unspecified atom stereocenters. The summed E-state index contributed by atoms with van der Waals surface area (Å²) < 4.78 is 0. The number of rotatable bonds is 0. The molecule has 0 aromatic heterocycles. The quantitative estimate of drug-likeness (QED) is 0.308. The largest absolute Gasteiger partial charge is 1.00 e. The van der Waals surface area contributed by atoms with E-state index in [-0.39, 0.29) is 42.0 Å². The summed E-state index contributed by atoms with van der Waals surface area (Å²) in [6, 6.07) is 0. The summed E-state index contributed by atoms with van der Waals surface area (Å²) >= 11 is 3.66. The van der Waals surface area contributed by atoms with Crippen LogP contribution < -0.4 is 42.0 Å². The van der Waals surface area contributed by atoms with Crippen LogP contribution in [-0.2, 0) is 15.1 Å². The van der Waals surface area contributed by atoms with Gasteiger partial charge in [0.15, 0.2) is 0 Å². The summed E-state index contributed by atoms with van der Waals surface area (Å²) in [6.45, 7) is 0. The van der Waals surface area contributed by atoms with Crippen molar-refractivity contribution in [2.75, 3.05) is 0 Å². The normalized spacial score (nSPS) is 1.75. The van der Waals surface area contributed by atoms with E-state index in [1.165, 1.54) is 0 Å². The van der Waals surface area contributed by atoms with Crippen LogP contribution in [0.2, 0.25) is 0 Å². The maximum atomic E-state index is 4.20. The topological polar surface area (TPSA) is 0 Å². The molecule has 4 heavy (non-hydrogen) atoms. The van der Waals surface area contributed by atoms with Crippen LogP contribution in [0.5, 0.6) is 0 Å². The molecular formula is Cl2CuNa. The molecule has 0 fully saturated rings. The molecule has 0 aliphatic carbocycles. The zero-order valence-electron chi connectivity index (χ0n) is 2.06. The average Bonchev–Trinajstić information content (AvgIpc) is 1.00. The molecule has 0 rings (SSSR count). The van der Waals surface area contributed by atoms with Crippen molar-refractivity contribution in [2.45, 2.75) is 0 Å². The monoisotopic (exact) mass is 156 g/mol. The number of halogens is 2. The second kappa shape index (κ2) is 19.4. The van der Waals surface area contributed by atoms with Gasteiger partial charge in [0.05, 0.1) is 0 Å². The Bertz CT molecular complexity index is 6.00. The second-order valence-electron chi connectivity index (χ2n) is 0. The van der Waals surface area contributed by atoms with E-state index in [1.54, 1.807) is 0 Å².